The van der Waals surface area contributed by atoms with Gasteiger partial charge in [-0.25, -0.2) is 4.98 Å². The number of furan rings is 1. The molecule has 0 spiro atoms. The second-order valence-corrected chi connectivity index (χ2v) is 8.86. The number of thiocarbonyl (C=S) groups is 1. The quantitative estimate of drug-likeness (QED) is 0.393. The van der Waals surface area contributed by atoms with Crippen LogP contribution in [0.25, 0.3) is 27.1 Å². The predicted octanol–water partition coefficient (Wildman–Crippen LogP) is 1.02. The minimum absolute atomic E-state index is 0.0837. The van der Waals surface area contributed by atoms with Gasteiger partial charge in [0.25, 0.3) is 5.91 Å². The van der Waals surface area contributed by atoms with Crippen LogP contribution in [0.1, 0.15) is 12.2 Å². The van der Waals surface area contributed by atoms with Crippen molar-refractivity contribution < 1.29 is 29.0 Å². The topological polar surface area (TPSA) is 127 Å². The molecule has 1 fully saturated rings. The lowest BCUT2D eigenvalue weighted by molar-refractivity contribution is -0.319. The molecular formula is C19H10N2O6S3-2. The highest BCUT2D eigenvalue weighted by molar-refractivity contribution is 8.26. The highest BCUT2D eigenvalue weighted by Gasteiger charge is 2.38. The van der Waals surface area contributed by atoms with E-state index in [0.717, 1.165) is 22.0 Å². The molecule has 0 N–H and O–H groups in total. The molecule has 1 aliphatic rings. The number of hydrogen-bond donors (Lipinski definition) is 0. The first-order valence-electron chi connectivity index (χ1n) is 8.47. The number of thioether (sulfide) groups is 1. The van der Waals surface area contributed by atoms with Gasteiger partial charge in [0, 0.05) is 18.5 Å². The van der Waals surface area contributed by atoms with E-state index in [1.807, 2.05) is 24.3 Å². The van der Waals surface area contributed by atoms with Crippen LogP contribution in [0.3, 0.4) is 0 Å². The molecule has 2 aromatic heterocycles. The number of carboxylic acids is 2. The number of fused-ring (bicyclic) bond motifs is 1. The van der Waals surface area contributed by atoms with Crippen molar-refractivity contribution in [3.63, 3.8) is 0 Å². The molecule has 1 saturated heterocycles. The highest BCUT2D eigenvalue weighted by Crippen LogP contribution is 2.36. The second kappa shape index (κ2) is 8.01. The number of aliphatic carboxylic acids is 2. The standard InChI is InChI=1S/C19H12N2O6S3/c22-15(23)8-11(18(25)26)21-17(24)14(30-19(21)28)7-9-5-6-12(27-9)16-20-10-3-1-2-4-13(10)29-16/h1-7,11H,8H2,(H,22,23)(H,25,26)/p-2/b14-7+/t11-/m1/s1. The SMILES string of the molecule is O=C([O-])C[C@H](C(=O)[O-])N1C(=O)/C(=C\c2ccc(-c3nc4ccccc4s3)o2)SC1=S. The van der Waals surface area contributed by atoms with Gasteiger partial charge in [-0.05, 0) is 24.3 Å². The smallest absolute Gasteiger partial charge is 0.266 e. The number of carbonyl (C=O) groups excluding carboxylic acids is 3. The maximum atomic E-state index is 12.6. The molecule has 11 heteroatoms. The molecule has 1 aliphatic heterocycles. The minimum Gasteiger partial charge on any atom is -0.550 e. The molecule has 0 radical (unpaired) electrons. The van der Waals surface area contributed by atoms with Crippen molar-refractivity contribution in [2.45, 2.75) is 12.5 Å². The van der Waals surface area contributed by atoms with Crippen molar-refractivity contribution in [3.8, 4) is 10.8 Å². The van der Waals surface area contributed by atoms with E-state index in [4.69, 9.17) is 16.6 Å². The van der Waals surface area contributed by atoms with Crippen molar-refractivity contribution >= 4 is 73.8 Å². The summed E-state index contributed by atoms with van der Waals surface area (Å²) in [4.78, 5) is 40.1. The predicted molar refractivity (Wildman–Crippen MR) is 111 cm³/mol. The van der Waals surface area contributed by atoms with E-state index in [-0.39, 0.29) is 9.23 Å². The summed E-state index contributed by atoms with van der Waals surface area (Å²) in [5, 5.41) is 22.8. The van der Waals surface area contributed by atoms with Crippen LogP contribution >= 0.6 is 35.3 Å². The number of hydrogen-bond acceptors (Lipinski definition) is 10. The van der Waals surface area contributed by atoms with Crippen molar-refractivity contribution in [1.29, 1.82) is 0 Å². The highest BCUT2D eigenvalue weighted by atomic mass is 32.2. The Kier molecular flexibility index (Phi) is 5.41. The monoisotopic (exact) mass is 458 g/mol. The molecule has 1 aromatic carbocycles. The zero-order valence-corrected chi connectivity index (χ0v) is 17.3. The zero-order valence-electron chi connectivity index (χ0n) is 14.9. The van der Waals surface area contributed by atoms with E-state index in [2.05, 4.69) is 4.98 Å². The number of carbonyl (C=O) groups is 3. The summed E-state index contributed by atoms with van der Waals surface area (Å²) in [6.07, 6.45) is 0.492. The number of benzene rings is 1. The molecule has 0 unspecified atom stereocenters. The second-order valence-electron chi connectivity index (χ2n) is 6.15. The molecule has 1 amide bonds. The van der Waals surface area contributed by atoms with Crippen molar-refractivity contribution in [3.05, 3.63) is 47.1 Å². The molecule has 152 valence electrons. The number of carboxylic acid groups (broad SMARTS) is 2. The third-order valence-corrected chi connectivity index (χ3v) is 6.55. The van der Waals surface area contributed by atoms with Crippen LogP contribution in [0.15, 0.2) is 45.7 Å². The van der Waals surface area contributed by atoms with Gasteiger partial charge in [-0.2, -0.15) is 0 Å². The zero-order chi connectivity index (χ0) is 21.4. The van der Waals surface area contributed by atoms with Crippen LogP contribution in [-0.2, 0) is 14.4 Å². The Morgan fingerprint density at radius 1 is 1.23 bits per heavy atom. The van der Waals surface area contributed by atoms with Gasteiger partial charge in [0.2, 0.25) is 0 Å². The van der Waals surface area contributed by atoms with Crippen molar-refractivity contribution in [1.82, 2.24) is 9.88 Å². The van der Waals surface area contributed by atoms with Crippen LogP contribution in [0, 0.1) is 0 Å². The summed E-state index contributed by atoms with van der Waals surface area (Å²) in [6, 6.07) is 9.26. The maximum Gasteiger partial charge on any atom is 0.266 e. The molecular weight excluding hydrogens is 448 g/mol. The lowest BCUT2D eigenvalue weighted by Gasteiger charge is -2.27. The first kappa shape index (κ1) is 20.3. The number of para-hydroxylation sites is 1. The molecule has 30 heavy (non-hydrogen) atoms. The number of amides is 1. The number of nitrogens with zero attached hydrogens (tertiary/aromatic N) is 2. The van der Waals surface area contributed by atoms with Gasteiger partial charge >= 0.3 is 0 Å². The molecule has 8 nitrogen and oxygen atoms in total. The summed E-state index contributed by atoms with van der Waals surface area (Å²) >= 11 is 7.37. The van der Waals surface area contributed by atoms with E-state index in [9.17, 15) is 24.6 Å². The van der Waals surface area contributed by atoms with E-state index in [1.54, 1.807) is 12.1 Å². The van der Waals surface area contributed by atoms with Crippen LogP contribution in [0.2, 0.25) is 0 Å². The molecule has 0 saturated carbocycles. The average molecular weight is 458 g/mol. The largest absolute Gasteiger partial charge is 0.550 e. The summed E-state index contributed by atoms with van der Waals surface area (Å²) in [6.45, 7) is 0. The van der Waals surface area contributed by atoms with E-state index < -0.39 is 30.3 Å². The number of thiazole rings is 1. The van der Waals surface area contributed by atoms with E-state index in [1.165, 1.54) is 17.4 Å². The fraction of sp³-hybridized carbons (Fsp3) is 0.105. The molecule has 1 atom stereocenters. The van der Waals surface area contributed by atoms with Gasteiger partial charge in [0.1, 0.15) is 10.1 Å². The Morgan fingerprint density at radius 3 is 2.70 bits per heavy atom. The van der Waals surface area contributed by atoms with Gasteiger partial charge in [-0.3, -0.25) is 9.69 Å². The van der Waals surface area contributed by atoms with Crippen LogP contribution < -0.4 is 10.2 Å². The molecule has 4 rings (SSSR count). The Morgan fingerprint density at radius 2 is 2.00 bits per heavy atom. The van der Waals surface area contributed by atoms with Crippen molar-refractivity contribution in [2.75, 3.05) is 0 Å². The summed E-state index contributed by atoms with van der Waals surface area (Å²) in [7, 11) is 0. The Balaban J connectivity index is 1.59. The fourth-order valence-corrected chi connectivity index (χ4v) is 5.10. The van der Waals surface area contributed by atoms with Gasteiger partial charge in [0.05, 0.1) is 27.1 Å². The third-order valence-electron chi connectivity index (χ3n) is 4.17. The van der Waals surface area contributed by atoms with Crippen molar-refractivity contribution in [2.24, 2.45) is 0 Å². The van der Waals surface area contributed by atoms with Gasteiger partial charge in [0.15, 0.2) is 10.8 Å². The normalized spacial score (nSPS) is 16.5. The molecule has 0 bridgehead atoms. The van der Waals surface area contributed by atoms with Gasteiger partial charge in [-0.15, -0.1) is 11.3 Å². The summed E-state index contributed by atoms with van der Waals surface area (Å²) in [5.74, 6) is -3.24. The maximum absolute atomic E-state index is 12.6. The summed E-state index contributed by atoms with van der Waals surface area (Å²) in [5.41, 5.74) is 0.845. The lowest BCUT2D eigenvalue weighted by Crippen LogP contribution is -2.52. The number of rotatable bonds is 6. The molecule has 0 aliphatic carbocycles. The lowest BCUT2D eigenvalue weighted by atomic mass is 10.2. The first-order chi connectivity index (χ1) is 14.3. The van der Waals surface area contributed by atoms with Gasteiger partial charge < -0.3 is 24.2 Å². The van der Waals surface area contributed by atoms with Gasteiger partial charge in [-0.1, -0.05) is 36.1 Å². The van der Waals surface area contributed by atoms with E-state index >= 15 is 0 Å². The first-order valence-corrected chi connectivity index (χ1v) is 10.5. The van der Waals surface area contributed by atoms with Crippen LogP contribution in [0.5, 0.6) is 0 Å². The minimum atomic E-state index is -1.75. The molecule has 3 heterocycles. The third kappa shape index (κ3) is 3.86. The molecule has 3 aromatic rings. The summed E-state index contributed by atoms with van der Waals surface area (Å²) < 4.78 is 6.69. The average Bonchev–Trinajstić information content (AvgIpc) is 3.38. The Bertz CT molecular complexity index is 1190. The van der Waals surface area contributed by atoms with Crippen LogP contribution in [-0.4, -0.2) is 38.1 Å². The Labute approximate surface area is 182 Å². The Hall–Kier alpha value is -3.02. The van der Waals surface area contributed by atoms with E-state index in [0.29, 0.717) is 21.4 Å². The fourth-order valence-electron chi connectivity index (χ4n) is 2.84. The number of aromatic nitrogens is 1. The van der Waals surface area contributed by atoms with Crippen LogP contribution in [0.4, 0.5) is 0 Å².